The molecule has 0 aliphatic carbocycles. The van der Waals surface area contributed by atoms with E-state index in [9.17, 15) is 9.59 Å². The average molecular weight is 316 g/mol. The quantitative estimate of drug-likeness (QED) is 0.838. The Morgan fingerprint density at radius 2 is 1.91 bits per heavy atom. The van der Waals surface area contributed by atoms with Crippen LogP contribution in [-0.4, -0.2) is 43.0 Å². The molecule has 2 fully saturated rings. The molecule has 1 unspecified atom stereocenters. The molecule has 2 saturated heterocycles. The van der Waals surface area contributed by atoms with Crippen LogP contribution in [0, 0.1) is 5.92 Å². The van der Waals surface area contributed by atoms with Crippen LogP contribution in [0.5, 0.6) is 5.75 Å². The summed E-state index contributed by atoms with van der Waals surface area (Å²) in [5, 5.41) is 0. The van der Waals surface area contributed by atoms with Crippen LogP contribution < -0.4 is 9.64 Å². The van der Waals surface area contributed by atoms with Gasteiger partial charge in [0, 0.05) is 31.7 Å². The predicted octanol–water partition coefficient (Wildman–Crippen LogP) is 2.45. The summed E-state index contributed by atoms with van der Waals surface area (Å²) in [6, 6.07) is 7.55. The lowest BCUT2D eigenvalue weighted by Crippen LogP contribution is -2.35. The van der Waals surface area contributed by atoms with Crippen LogP contribution in [0.25, 0.3) is 0 Å². The molecule has 0 saturated carbocycles. The highest BCUT2D eigenvalue weighted by Crippen LogP contribution is 2.28. The van der Waals surface area contributed by atoms with E-state index in [-0.39, 0.29) is 17.7 Å². The van der Waals surface area contributed by atoms with Crippen molar-refractivity contribution in [3.05, 3.63) is 24.3 Å². The van der Waals surface area contributed by atoms with Gasteiger partial charge in [0.15, 0.2) is 0 Å². The minimum atomic E-state index is -0.198. The molecule has 3 rings (SSSR count). The van der Waals surface area contributed by atoms with E-state index in [4.69, 9.17) is 4.74 Å². The van der Waals surface area contributed by atoms with Crippen LogP contribution in [0.15, 0.2) is 24.3 Å². The number of nitrogens with zero attached hydrogens (tertiary/aromatic N) is 2. The van der Waals surface area contributed by atoms with Gasteiger partial charge in [-0.2, -0.15) is 0 Å². The molecular formula is C18H24N2O3. The summed E-state index contributed by atoms with van der Waals surface area (Å²) in [6.45, 7) is 4.92. The van der Waals surface area contributed by atoms with E-state index in [1.165, 1.54) is 0 Å². The lowest BCUT2D eigenvalue weighted by molar-refractivity contribution is -0.134. The third kappa shape index (κ3) is 3.49. The van der Waals surface area contributed by atoms with E-state index in [1.807, 2.05) is 29.2 Å². The molecule has 0 spiro atoms. The number of hydrogen-bond donors (Lipinski definition) is 0. The maximum Gasteiger partial charge on any atom is 0.228 e. The first kappa shape index (κ1) is 15.8. The zero-order valence-electron chi connectivity index (χ0n) is 13.7. The van der Waals surface area contributed by atoms with Crippen molar-refractivity contribution in [2.75, 3.05) is 31.1 Å². The Morgan fingerprint density at radius 1 is 1.22 bits per heavy atom. The van der Waals surface area contributed by atoms with Gasteiger partial charge in [-0.25, -0.2) is 0 Å². The summed E-state index contributed by atoms with van der Waals surface area (Å²) in [6.07, 6.45) is 3.45. The second-order valence-electron chi connectivity index (χ2n) is 6.28. The Kier molecular flexibility index (Phi) is 4.84. The molecule has 1 aromatic rings. The summed E-state index contributed by atoms with van der Waals surface area (Å²) in [7, 11) is 0. The number of carbonyl (C=O) groups excluding carboxylic acids is 2. The molecule has 1 aromatic carbocycles. The molecule has 1 atom stereocenters. The zero-order chi connectivity index (χ0) is 16.2. The highest BCUT2D eigenvalue weighted by molar-refractivity contribution is 6.00. The lowest BCUT2D eigenvalue weighted by atomic mass is 10.1. The molecule has 0 aromatic heterocycles. The summed E-state index contributed by atoms with van der Waals surface area (Å²) in [5.74, 6) is 0.787. The predicted molar refractivity (Wildman–Crippen MR) is 88.5 cm³/mol. The third-order valence-electron chi connectivity index (χ3n) is 4.51. The normalized spacial score (nSPS) is 21.1. The van der Waals surface area contributed by atoms with E-state index >= 15 is 0 Å². The number of carbonyl (C=O) groups is 2. The van der Waals surface area contributed by atoms with Gasteiger partial charge >= 0.3 is 0 Å². The van der Waals surface area contributed by atoms with Crippen LogP contribution in [0.3, 0.4) is 0 Å². The van der Waals surface area contributed by atoms with Gasteiger partial charge in [-0.1, -0.05) is 6.92 Å². The zero-order valence-corrected chi connectivity index (χ0v) is 13.7. The van der Waals surface area contributed by atoms with Gasteiger partial charge < -0.3 is 14.5 Å². The monoisotopic (exact) mass is 316 g/mol. The van der Waals surface area contributed by atoms with E-state index in [1.54, 1.807) is 4.90 Å². The van der Waals surface area contributed by atoms with Gasteiger partial charge in [0.05, 0.1) is 12.5 Å². The van der Waals surface area contributed by atoms with E-state index in [0.29, 0.717) is 19.6 Å². The Labute approximate surface area is 137 Å². The van der Waals surface area contributed by atoms with Crippen molar-refractivity contribution in [3.63, 3.8) is 0 Å². The molecule has 5 nitrogen and oxygen atoms in total. The highest BCUT2D eigenvalue weighted by atomic mass is 16.5. The van der Waals surface area contributed by atoms with Crippen LogP contribution in [0.4, 0.5) is 5.69 Å². The maximum absolute atomic E-state index is 12.5. The molecule has 2 aliphatic rings. The first-order chi connectivity index (χ1) is 11.2. The van der Waals surface area contributed by atoms with Crippen molar-refractivity contribution >= 4 is 17.5 Å². The van der Waals surface area contributed by atoms with Crippen molar-refractivity contribution in [2.45, 2.75) is 32.6 Å². The molecule has 2 aliphatic heterocycles. The number of hydrogen-bond acceptors (Lipinski definition) is 3. The Bertz CT molecular complexity index is 564. The van der Waals surface area contributed by atoms with Crippen LogP contribution >= 0.6 is 0 Å². The smallest absolute Gasteiger partial charge is 0.228 e. The van der Waals surface area contributed by atoms with Crippen LogP contribution in [0.1, 0.15) is 32.6 Å². The average Bonchev–Trinajstić information content (AvgIpc) is 3.22. The van der Waals surface area contributed by atoms with Crippen LogP contribution in [0.2, 0.25) is 0 Å². The van der Waals surface area contributed by atoms with Crippen molar-refractivity contribution in [1.29, 1.82) is 0 Å². The standard InChI is InChI=1S/C18H24N2O3/c1-2-11-23-16-7-5-15(6-8-16)20-13-14(12-17(20)21)18(22)19-9-3-4-10-19/h5-8,14H,2-4,9-13H2,1H3. The first-order valence-electron chi connectivity index (χ1n) is 8.51. The fraction of sp³-hybridized carbons (Fsp3) is 0.556. The van der Waals surface area contributed by atoms with Gasteiger partial charge in [0.1, 0.15) is 5.75 Å². The summed E-state index contributed by atoms with van der Waals surface area (Å²) in [5.41, 5.74) is 0.843. The molecule has 5 heteroatoms. The fourth-order valence-electron chi connectivity index (χ4n) is 3.26. The molecule has 124 valence electrons. The molecule has 23 heavy (non-hydrogen) atoms. The van der Waals surface area contributed by atoms with Crippen molar-refractivity contribution in [1.82, 2.24) is 4.90 Å². The minimum absolute atomic E-state index is 0.0322. The Hall–Kier alpha value is -2.04. The Balaban J connectivity index is 1.64. The molecular weight excluding hydrogens is 292 g/mol. The number of ether oxygens (including phenoxy) is 1. The summed E-state index contributed by atoms with van der Waals surface area (Å²) >= 11 is 0. The van der Waals surface area contributed by atoms with Gasteiger partial charge in [0.2, 0.25) is 11.8 Å². The van der Waals surface area contributed by atoms with Crippen molar-refractivity contribution < 1.29 is 14.3 Å². The van der Waals surface area contributed by atoms with Gasteiger partial charge in [-0.3, -0.25) is 9.59 Å². The fourth-order valence-corrected chi connectivity index (χ4v) is 3.26. The molecule has 2 heterocycles. The van der Waals surface area contributed by atoms with Crippen LogP contribution in [-0.2, 0) is 9.59 Å². The summed E-state index contributed by atoms with van der Waals surface area (Å²) < 4.78 is 5.56. The topological polar surface area (TPSA) is 49.9 Å². The second kappa shape index (κ2) is 7.02. The van der Waals surface area contributed by atoms with Crippen molar-refractivity contribution in [2.24, 2.45) is 5.92 Å². The number of likely N-dealkylation sites (tertiary alicyclic amines) is 1. The van der Waals surface area contributed by atoms with E-state index in [2.05, 4.69) is 6.92 Å². The van der Waals surface area contributed by atoms with Gasteiger partial charge in [-0.05, 0) is 43.5 Å². The molecule has 0 bridgehead atoms. The molecule has 0 radical (unpaired) electrons. The van der Waals surface area contributed by atoms with E-state index < -0.39 is 0 Å². The van der Waals surface area contributed by atoms with Gasteiger partial charge in [-0.15, -0.1) is 0 Å². The number of amides is 2. The minimum Gasteiger partial charge on any atom is -0.494 e. The summed E-state index contributed by atoms with van der Waals surface area (Å²) in [4.78, 5) is 28.4. The first-order valence-corrected chi connectivity index (χ1v) is 8.51. The molecule has 2 amide bonds. The lowest BCUT2D eigenvalue weighted by Gasteiger charge is -2.20. The number of benzene rings is 1. The van der Waals surface area contributed by atoms with Gasteiger partial charge in [0.25, 0.3) is 0 Å². The molecule has 0 N–H and O–H groups in total. The number of anilines is 1. The third-order valence-corrected chi connectivity index (χ3v) is 4.51. The number of rotatable bonds is 5. The van der Waals surface area contributed by atoms with Crippen molar-refractivity contribution in [3.8, 4) is 5.75 Å². The Morgan fingerprint density at radius 3 is 2.57 bits per heavy atom. The van der Waals surface area contributed by atoms with E-state index in [0.717, 1.165) is 43.8 Å². The maximum atomic E-state index is 12.5. The largest absolute Gasteiger partial charge is 0.494 e. The highest BCUT2D eigenvalue weighted by Gasteiger charge is 2.37. The second-order valence-corrected chi connectivity index (χ2v) is 6.28. The SMILES string of the molecule is CCCOc1ccc(N2CC(C(=O)N3CCCC3)CC2=O)cc1.